The highest BCUT2D eigenvalue weighted by atomic mass is 16.6. The number of ether oxygens (including phenoxy) is 2. The average molecular weight is 511 g/mol. The van der Waals surface area contributed by atoms with Gasteiger partial charge in [-0.1, -0.05) is 122 Å². The molecule has 0 aromatic rings. The number of hydrogen-bond acceptors (Lipinski definition) is 5. The van der Waals surface area contributed by atoms with Crippen molar-refractivity contribution in [3.63, 3.8) is 0 Å². The first-order valence-corrected chi connectivity index (χ1v) is 15.2. The minimum absolute atomic E-state index is 0.120. The van der Waals surface area contributed by atoms with E-state index >= 15 is 0 Å². The molecule has 0 amide bonds. The van der Waals surface area contributed by atoms with E-state index in [1.807, 2.05) is 0 Å². The van der Waals surface area contributed by atoms with Crippen LogP contribution in [0.2, 0.25) is 0 Å². The van der Waals surface area contributed by atoms with Gasteiger partial charge in [0, 0.05) is 12.8 Å². The second-order valence-electron chi connectivity index (χ2n) is 10.2. The molecule has 0 radical (unpaired) electrons. The number of esters is 2. The molecule has 0 aliphatic heterocycles. The van der Waals surface area contributed by atoms with Gasteiger partial charge in [0.25, 0.3) is 0 Å². The molecule has 0 aromatic carbocycles. The van der Waals surface area contributed by atoms with Crippen LogP contribution in [0.15, 0.2) is 12.2 Å². The van der Waals surface area contributed by atoms with E-state index in [4.69, 9.17) is 9.47 Å². The number of aliphatic hydroxyl groups excluding tert-OH is 1. The van der Waals surface area contributed by atoms with Gasteiger partial charge in [-0.05, 0) is 32.1 Å². The molecule has 5 nitrogen and oxygen atoms in total. The Morgan fingerprint density at radius 1 is 0.556 bits per heavy atom. The number of allylic oxidation sites excluding steroid dienone is 2. The Morgan fingerprint density at radius 3 is 1.39 bits per heavy atom. The zero-order valence-electron chi connectivity index (χ0n) is 23.8. The van der Waals surface area contributed by atoms with Gasteiger partial charge in [-0.25, -0.2) is 0 Å². The predicted molar refractivity (Wildman–Crippen MR) is 150 cm³/mol. The van der Waals surface area contributed by atoms with Gasteiger partial charge in [0.05, 0.1) is 0 Å². The largest absolute Gasteiger partial charge is 0.463 e. The van der Waals surface area contributed by atoms with Crippen LogP contribution in [0.3, 0.4) is 0 Å². The van der Waals surface area contributed by atoms with Crippen LogP contribution in [0.4, 0.5) is 0 Å². The summed E-state index contributed by atoms with van der Waals surface area (Å²) in [4.78, 5) is 23.6. The molecule has 0 unspecified atom stereocenters. The first kappa shape index (κ1) is 34.6. The summed E-state index contributed by atoms with van der Waals surface area (Å²) in [5.74, 6) is -0.602. The normalized spacial score (nSPS) is 12.2. The minimum Gasteiger partial charge on any atom is -0.463 e. The van der Waals surface area contributed by atoms with Crippen molar-refractivity contribution in [2.75, 3.05) is 13.2 Å². The van der Waals surface area contributed by atoms with Gasteiger partial charge in [0.2, 0.25) is 0 Å². The van der Waals surface area contributed by atoms with Crippen molar-refractivity contribution in [2.45, 2.75) is 161 Å². The fourth-order valence-electron chi connectivity index (χ4n) is 4.15. The van der Waals surface area contributed by atoms with Crippen molar-refractivity contribution in [1.82, 2.24) is 0 Å². The smallest absolute Gasteiger partial charge is 0.305 e. The summed E-state index contributed by atoms with van der Waals surface area (Å²) in [5, 5.41) is 9.90. The zero-order valence-corrected chi connectivity index (χ0v) is 23.8. The molecular weight excluding hydrogens is 452 g/mol. The Kier molecular flexibility index (Phi) is 27.1. The van der Waals surface area contributed by atoms with Crippen LogP contribution in [0.25, 0.3) is 0 Å². The number of unbranched alkanes of at least 4 members (excludes halogenated alkanes) is 17. The molecule has 5 heteroatoms. The molecule has 0 saturated carbocycles. The summed E-state index contributed by atoms with van der Waals surface area (Å²) in [5.41, 5.74) is 0. The van der Waals surface area contributed by atoms with Crippen LogP contribution in [-0.2, 0) is 19.1 Å². The summed E-state index contributed by atoms with van der Waals surface area (Å²) in [6.07, 6.45) is 28.3. The van der Waals surface area contributed by atoms with Crippen molar-refractivity contribution in [3.05, 3.63) is 12.2 Å². The SMILES string of the molecule is CCCCCCCC/C=C\CCCC(=O)OC[C@H](O)COC(=O)CCCCCCCCCCCCC. The fourth-order valence-corrected chi connectivity index (χ4v) is 4.15. The third-order valence-electron chi connectivity index (χ3n) is 6.50. The molecule has 0 aliphatic carbocycles. The molecule has 0 aliphatic rings. The molecule has 0 fully saturated rings. The summed E-state index contributed by atoms with van der Waals surface area (Å²) in [6.45, 7) is 4.23. The van der Waals surface area contributed by atoms with Crippen molar-refractivity contribution in [1.29, 1.82) is 0 Å². The maximum Gasteiger partial charge on any atom is 0.305 e. The predicted octanol–water partition coefficient (Wildman–Crippen LogP) is 8.61. The Balaban J connectivity index is 3.48. The Labute approximate surface area is 222 Å². The van der Waals surface area contributed by atoms with E-state index in [1.165, 1.54) is 89.9 Å². The summed E-state index contributed by atoms with van der Waals surface area (Å²) in [7, 11) is 0. The quantitative estimate of drug-likeness (QED) is 0.0680. The highest BCUT2D eigenvalue weighted by Gasteiger charge is 2.11. The lowest BCUT2D eigenvalue weighted by atomic mass is 10.1. The zero-order chi connectivity index (χ0) is 26.5. The molecule has 36 heavy (non-hydrogen) atoms. The van der Waals surface area contributed by atoms with E-state index in [1.54, 1.807) is 0 Å². The summed E-state index contributed by atoms with van der Waals surface area (Å²) in [6, 6.07) is 0. The maximum absolute atomic E-state index is 11.8. The van der Waals surface area contributed by atoms with Crippen LogP contribution < -0.4 is 0 Å². The van der Waals surface area contributed by atoms with E-state index in [9.17, 15) is 14.7 Å². The van der Waals surface area contributed by atoms with E-state index in [0.29, 0.717) is 12.8 Å². The third kappa shape index (κ3) is 27.2. The van der Waals surface area contributed by atoms with E-state index < -0.39 is 6.10 Å². The third-order valence-corrected chi connectivity index (χ3v) is 6.50. The Morgan fingerprint density at radius 2 is 0.917 bits per heavy atom. The second-order valence-corrected chi connectivity index (χ2v) is 10.2. The van der Waals surface area contributed by atoms with Gasteiger partial charge in [-0.15, -0.1) is 0 Å². The molecule has 0 heterocycles. The standard InChI is InChI=1S/C31H58O5/c1-3-5-7-9-11-13-15-17-19-21-23-25-30(33)35-27-29(32)28-36-31(34)26-24-22-20-18-16-14-12-10-8-6-4-2/h17,19,29,32H,3-16,18,20-28H2,1-2H3/b19-17-/t29-/m0/s1. The van der Waals surface area contributed by atoms with E-state index in [0.717, 1.165) is 38.5 Å². The summed E-state index contributed by atoms with van der Waals surface area (Å²) >= 11 is 0. The van der Waals surface area contributed by atoms with Crippen molar-refractivity contribution in [2.24, 2.45) is 0 Å². The molecule has 0 saturated heterocycles. The second kappa shape index (κ2) is 28.2. The number of carbonyl (C=O) groups excluding carboxylic acids is 2. The van der Waals surface area contributed by atoms with Gasteiger partial charge in [-0.2, -0.15) is 0 Å². The van der Waals surface area contributed by atoms with Crippen molar-refractivity contribution >= 4 is 11.9 Å². The molecule has 1 atom stereocenters. The van der Waals surface area contributed by atoms with Crippen molar-refractivity contribution < 1.29 is 24.2 Å². The van der Waals surface area contributed by atoms with Crippen LogP contribution in [-0.4, -0.2) is 36.4 Å². The van der Waals surface area contributed by atoms with E-state index in [-0.39, 0.29) is 25.2 Å². The van der Waals surface area contributed by atoms with Crippen LogP contribution in [0.5, 0.6) is 0 Å². The Hall–Kier alpha value is -1.36. The minimum atomic E-state index is -0.965. The first-order valence-electron chi connectivity index (χ1n) is 15.2. The molecule has 1 N–H and O–H groups in total. The monoisotopic (exact) mass is 510 g/mol. The van der Waals surface area contributed by atoms with Crippen molar-refractivity contribution in [3.8, 4) is 0 Å². The van der Waals surface area contributed by atoms with Gasteiger partial charge in [0.1, 0.15) is 19.3 Å². The van der Waals surface area contributed by atoms with Gasteiger partial charge < -0.3 is 14.6 Å². The highest BCUT2D eigenvalue weighted by Crippen LogP contribution is 2.12. The lowest BCUT2D eigenvalue weighted by Crippen LogP contribution is -2.25. The molecule has 212 valence electrons. The van der Waals surface area contributed by atoms with Gasteiger partial charge in [-0.3, -0.25) is 9.59 Å². The van der Waals surface area contributed by atoms with Gasteiger partial charge in [0.15, 0.2) is 0 Å². The lowest BCUT2D eigenvalue weighted by Gasteiger charge is -2.12. The molecule has 0 spiro atoms. The van der Waals surface area contributed by atoms with Crippen LogP contribution >= 0.6 is 0 Å². The number of rotatable bonds is 27. The maximum atomic E-state index is 11.8. The fraction of sp³-hybridized carbons (Fsp3) is 0.871. The Bertz CT molecular complexity index is 517. The van der Waals surface area contributed by atoms with Gasteiger partial charge >= 0.3 is 11.9 Å². The first-order chi connectivity index (χ1) is 17.6. The molecule has 0 aromatic heterocycles. The lowest BCUT2D eigenvalue weighted by molar-refractivity contribution is -0.152. The number of aliphatic hydroxyl groups is 1. The average Bonchev–Trinajstić information content (AvgIpc) is 2.88. The van der Waals surface area contributed by atoms with E-state index in [2.05, 4.69) is 26.0 Å². The number of carbonyl (C=O) groups is 2. The molecule has 0 rings (SSSR count). The van der Waals surface area contributed by atoms with Crippen LogP contribution in [0.1, 0.15) is 155 Å². The molecule has 0 bridgehead atoms. The topological polar surface area (TPSA) is 72.8 Å². The summed E-state index contributed by atoms with van der Waals surface area (Å²) < 4.78 is 10.2. The van der Waals surface area contributed by atoms with Crippen LogP contribution in [0, 0.1) is 0 Å². The number of hydrogen-bond donors (Lipinski definition) is 1. The molecular formula is C31H58O5. The highest BCUT2D eigenvalue weighted by molar-refractivity contribution is 5.69.